The number of nitrogens with zero attached hydrogens (tertiary/aromatic N) is 2. The van der Waals surface area contributed by atoms with Gasteiger partial charge in [-0.3, -0.25) is 14.6 Å². The van der Waals surface area contributed by atoms with E-state index in [1.807, 2.05) is 6.92 Å². The summed E-state index contributed by atoms with van der Waals surface area (Å²) in [4.78, 5) is 31.0. The Hall–Kier alpha value is -3.23. The van der Waals surface area contributed by atoms with Crippen molar-refractivity contribution in [1.29, 1.82) is 0 Å². The molecule has 2 heterocycles. The van der Waals surface area contributed by atoms with Crippen LogP contribution < -0.4 is 22.1 Å². The molecule has 0 fully saturated rings. The molecule has 0 aliphatic heterocycles. The molecular formula is C16H19FN6O2. The molecule has 2 rings (SSSR count). The number of primary amides is 2. The Labute approximate surface area is 143 Å². The van der Waals surface area contributed by atoms with Crippen molar-refractivity contribution in [3.05, 3.63) is 41.5 Å². The van der Waals surface area contributed by atoms with Gasteiger partial charge < -0.3 is 22.1 Å². The van der Waals surface area contributed by atoms with Gasteiger partial charge in [-0.1, -0.05) is 6.92 Å². The molecule has 0 saturated carbocycles. The first-order valence-electron chi connectivity index (χ1n) is 7.56. The number of anilines is 3. The van der Waals surface area contributed by atoms with Crippen molar-refractivity contribution in [2.75, 3.05) is 10.6 Å². The van der Waals surface area contributed by atoms with Crippen LogP contribution >= 0.6 is 0 Å². The van der Waals surface area contributed by atoms with Crippen LogP contribution in [0.5, 0.6) is 0 Å². The molecule has 1 unspecified atom stereocenters. The van der Waals surface area contributed by atoms with Gasteiger partial charge in [0.1, 0.15) is 11.9 Å². The highest BCUT2D eigenvalue weighted by Gasteiger charge is 2.20. The fraction of sp³-hybridized carbons (Fsp3) is 0.250. The number of aryl methyl sites for hydroxylation is 1. The Kier molecular flexibility index (Phi) is 5.48. The molecule has 1 atom stereocenters. The first-order valence-corrected chi connectivity index (χ1v) is 7.56. The molecule has 25 heavy (non-hydrogen) atoms. The number of rotatable bonds is 7. The topological polar surface area (TPSA) is 136 Å². The summed E-state index contributed by atoms with van der Waals surface area (Å²) in [6.07, 6.45) is 3.52. The van der Waals surface area contributed by atoms with E-state index in [-0.39, 0.29) is 17.2 Å². The van der Waals surface area contributed by atoms with Crippen LogP contribution in [0.3, 0.4) is 0 Å². The van der Waals surface area contributed by atoms with Gasteiger partial charge in [-0.15, -0.1) is 0 Å². The first kappa shape index (κ1) is 18.1. The van der Waals surface area contributed by atoms with Gasteiger partial charge in [0.2, 0.25) is 5.91 Å². The second kappa shape index (κ2) is 7.56. The lowest BCUT2D eigenvalue weighted by Crippen LogP contribution is -2.35. The fourth-order valence-corrected chi connectivity index (χ4v) is 2.17. The number of amides is 2. The maximum Gasteiger partial charge on any atom is 0.252 e. The van der Waals surface area contributed by atoms with Crippen molar-refractivity contribution in [2.24, 2.45) is 11.5 Å². The van der Waals surface area contributed by atoms with Crippen molar-refractivity contribution < 1.29 is 14.0 Å². The summed E-state index contributed by atoms with van der Waals surface area (Å²) in [6, 6.07) is 1.93. The fourth-order valence-electron chi connectivity index (χ4n) is 2.17. The van der Waals surface area contributed by atoms with E-state index in [4.69, 9.17) is 11.5 Å². The largest absolute Gasteiger partial charge is 0.368 e. The minimum atomic E-state index is -0.844. The van der Waals surface area contributed by atoms with E-state index in [1.54, 1.807) is 19.2 Å². The van der Waals surface area contributed by atoms with E-state index in [9.17, 15) is 14.0 Å². The molecular weight excluding hydrogens is 327 g/mol. The van der Waals surface area contributed by atoms with Crippen molar-refractivity contribution >= 4 is 29.1 Å². The lowest BCUT2D eigenvalue weighted by atomic mass is 10.2. The number of hydrogen-bond acceptors (Lipinski definition) is 6. The minimum Gasteiger partial charge on any atom is -0.368 e. The monoisotopic (exact) mass is 346 g/mol. The lowest BCUT2D eigenvalue weighted by Gasteiger charge is -2.17. The van der Waals surface area contributed by atoms with Crippen LogP contribution in [-0.2, 0) is 4.79 Å². The average Bonchev–Trinajstić information content (AvgIpc) is 2.54. The number of nitrogens with one attached hydrogen (secondary N) is 2. The zero-order valence-electron chi connectivity index (χ0n) is 13.8. The SMILES string of the molecule is CCC(Nc1nc(Nc2cncc(C)c2)c(C(N)=O)cc1F)C(N)=O. The molecule has 2 amide bonds. The Morgan fingerprint density at radius 2 is 1.96 bits per heavy atom. The molecule has 8 nitrogen and oxygen atoms in total. The van der Waals surface area contributed by atoms with Crippen molar-refractivity contribution in [2.45, 2.75) is 26.3 Å². The molecule has 132 valence electrons. The second-order valence-electron chi connectivity index (χ2n) is 5.46. The van der Waals surface area contributed by atoms with Gasteiger partial charge in [0.25, 0.3) is 5.91 Å². The quantitative estimate of drug-likeness (QED) is 0.599. The van der Waals surface area contributed by atoms with Crippen LogP contribution in [0.4, 0.5) is 21.7 Å². The molecule has 2 aromatic heterocycles. The van der Waals surface area contributed by atoms with Gasteiger partial charge in [-0.05, 0) is 31.0 Å². The highest BCUT2D eigenvalue weighted by Crippen LogP contribution is 2.24. The highest BCUT2D eigenvalue weighted by atomic mass is 19.1. The van der Waals surface area contributed by atoms with Crippen LogP contribution in [0, 0.1) is 12.7 Å². The van der Waals surface area contributed by atoms with Crippen LogP contribution in [-0.4, -0.2) is 27.8 Å². The number of halogens is 1. The van der Waals surface area contributed by atoms with E-state index >= 15 is 0 Å². The second-order valence-corrected chi connectivity index (χ2v) is 5.46. The van der Waals surface area contributed by atoms with Gasteiger partial charge in [-0.2, -0.15) is 0 Å². The third-order valence-corrected chi connectivity index (χ3v) is 3.44. The smallest absolute Gasteiger partial charge is 0.252 e. The summed E-state index contributed by atoms with van der Waals surface area (Å²) in [5, 5.41) is 5.52. The van der Waals surface area contributed by atoms with Gasteiger partial charge in [0.05, 0.1) is 17.4 Å². The molecule has 0 bridgehead atoms. The third kappa shape index (κ3) is 4.40. The van der Waals surface area contributed by atoms with Gasteiger partial charge in [0.15, 0.2) is 11.6 Å². The number of carbonyl (C=O) groups is 2. The van der Waals surface area contributed by atoms with Gasteiger partial charge >= 0.3 is 0 Å². The molecule has 6 N–H and O–H groups in total. The molecule has 0 spiro atoms. The van der Waals surface area contributed by atoms with E-state index in [2.05, 4.69) is 20.6 Å². The Balaban J connectivity index is 2.43. The Morgan fingerprint density at radius 1 is 1.24 bits per heavy atom. The normalized spacial score (nSPS) is 11.6. The van der Waals surface area contributed by atoms with Gasteiger partial charge in [0, 0.05) is 6.20 Å². The van der Waals surface area contributed by atoms with Crippen molar-refractivity contribution in [3.8, 4) is 0 Å². The summed E-state index contributed by atoms with van der Waals surface area (Å²) in [6.45, 7) is 3.56. The Bertz CT molecular complexity index is 811. The predicted octanol–water partition coefficient (Wildman–Crippen LogP) is 1.44. The van der Waals surface area contributed by atoms with Gasteiger partial charge in [-0.25, -0.2) is 9.37 Å². The first-order chi connectivity index (χ1) is 11.8. The maximum atomic E-state index is 14.2. The summed E-state index contributed by atoms with van der Waals surface area (Å²) < 4.78 is 14.2. The number of aromatic nitrogens is 2. The van der Waals surface area contributed by atoms with Crippen LogP contribution in [0.1, 0.15) is 29.3 Å². The highest BCUT2D eigenvalue weighted by molar-refractivity contribution is 5.98. The third-order valence-electron chi connectivity index (χ3n) is 3.44. The molecule has 0 aliphatic carbocycles. The molecule has 0 saturated heterocycles. The number of pyridine rings is 2. The van der Waals surface area contributed by atoms with E-state index in [0.717, 1.165) is 11.6 Å². The maximum absolute atomic E-state index is 14.2. The Morgan fingerprint density at radius 3 is 2.52 bits per heavy atom. The lowest BCUT2D eigenvalue weighted by molar-refractivity contribution is -0.118. The molecule has 0 aromatic carbocycles. The number of hydrogen-bond donors (Lipinski definition) is 4. The molecule has 2 aromatic rings. The van der Waals surface area contributed by atoms with E-state index in [0.29, 0.717) is 12.1 Å². The molecule has 0 radical (unpaired) electrons. The summed E-state index contributed by atoms with van der Waals surface area (Å²) in [5.74, 6) is -2.47. The average molecular weight is 346 g/mol. The summed E-state index contributed by atoms with van der Waals surface area (Å²) >= 11 is 0. The van der Waals surface area contributed by atoms with Crippen LogP contribution in [0.2, 0.25) is 0 Å². The minimum absolute atomic E-state index is 0.0446. The van der Waals surface area contributed by atoms with Crippen molar-refractivity contribution in [3.63, 3.8) is 0 Å². The number of nitrogens with two attached hydrogens (primary N) is 2. The van der Waals surface area contributed by atoms with Crippen LogP contribution in [0.25, 0.3) is 0 Å². The molecule has 0 aliphatic rings. The summed E-state index contributed by atoms with van der Waals surface area (Å²) in [5.41, 5.74) is 11.9. The standard InChI is InChI=1S/C16H19FN6O2/c1-3-12(14(19)25)22-16-11(17)5-10(13(18)24)15(23-16)21-9-4-8(2)6-20-7-9/h4-7,12H,3H2,1-2H3,(H2,18,24)(H2,19,25)(H2,21,22,23). The summed E-state index contributed by atoms with van der Waals surface area (Å²) in [7, 11) is 0. The van der Waals surface area contributed by atoms with E-state index in [1.165, 1.54) is 6.20 Å². The van der Waals surface area contributed by atoms with Crippen molar-refractivity contribution in [1.82, 2.24) is 9.97 Å². The number of carbonyl (C=O) groups excluding carboxylic acids is 2. The zero-order valence-corrected chi connectivity index (χ0v) is 13.8. The van der Waals surface area contributed by atoms with Crippen LogP contribution in [0.15, 0.2) is 24.5 Å². The molecule has 9 heteroatoms. The van der Waals surface area contributed by atoms with E-state index < -0.39 is 23.7 Å². The zero-order chi connectivity index (χ0) is 18.6. The predicted molar refractivity (Wildman–Crippen MR) is 91.9 cm³/mol.